The number of benzene rings is 1. The summed E-state index contributed by atoms with van der Waals surface area (Å²) in [4.78, 5) is 19.5. The molecule has 4 rings (SSSR count). The van der Waals surface area contributed by atoms with Crippen LogP contribution in [0.4, 0.5) is 0 Å². The lowest BCUT2D eigenvalue weighted by molar-refractivity contribution is 0.0697. The highest BCUT2D eigenvalue weighted by Gasteiger charge is 2.20. The van der Waals surface area contributed by atoms with E-state index >= 15 is 0 Å². The number of fused-ring (bicyclic) bond motifs is 1. The van der Waals surface area contributed by atoms with Crippen LogP contribution in [0.3, 0.4) is 0 Å². The number of aromatic nitrogens is 6. The summed E-state index contributed by atoms with van der Waals surface area (Å²) in [6.07, 6.45) is 4.02. The molecule has 2 N–H and O–H groups in total. The van der Waals surface area contributed by atoms with Gasteiger partial charge in [-0.2, -0.15) is 15.2 Å². The molecule has 0 fully saturated rings. The minimum absolute atomic E-state index is 0.00225. The topological polar surface area (TPSA) is 119 Å². The fourth-order valence-corrected chi connectivity index (χ4v) is 3.21. The van der Waals surface area contributed by atoms with Gasteiger partial charge in [-0.1, -0.05) is 23.8 Å². The van der Waals surface area contributed by atoms with Crippen LogP contribution in [0.5, 0.6) is 5.88 Å². The number of carboxylic acid groups (broad SMARTS) is 1. The lowest BCUT2D eigenvalue weighted by Gasteiger charge is -2.17. The molecule has 28 heavy (non-hydrogen) atoms. The molecule has 0 aliphatic heterocycles. The third-order valence-corrected chi connectivity index (χ3v) is 4.70. The quantitative estimate of drug-likeness (QED) is 0.560. The maximum Gasteiger partial charge on any atom is 0.338 e. The first-order valence-electron chi connectivity index (χ1n) is 8.65. The van der Waals surface area contributed by atoms with Crippen LogP contribution in [-0.4, -0.2) is 45.7 Å². The molecule has 9 heteroatoms. The van der Waals surface area contributed by atoms with E-state index in [1.54, 1.807) is 10.9 Å². The second kappa shape index (κ2) is 6.45. The molecule has 0 aliphatic rings. The molecule has 9 nitrogen and oxygen atoms in total. The lowest BCUT2D eigenvalue weighted by Crippen LogP contribution is -2.11. The fraction of sp³-hybridized carbons (Fsp3) is 0.211. The van der Waals surface area contributed by atoms with Crippen LogP contribution in [0.15, 0.2) is 36.8 Å². The third kappa shape index (κ3) is 2.86. The summed E-state index contributed by atoms with van der Waals surface area (Å²) < 4.78 is 2.88. The Hall–Kier alpha value is -3.75. The fourth-order valence-electron chi connectivity index (χ4n) is 3.21. The van der Waals surface area contributed by atoms with Crippen LogP contribution in [0.2, 0.25) is 0 Å². The summed E-state index contributed by atoms with van der Waals surface area (Å²) in [5, 5.41) is 27.9. The molecule has 3 aromatic heterocycles. The van der Waals surface area contributed by atoms with Crippen molar-refractivity contribution in [2.75, 3.05) is 0 Å². The number of nitrogens with zero attached hydrogens (tertiary/aromatic N) is 6. The Morgan fingerprint density at radius 2 is 1.93 bits per heavy atom. The molecule has 0 saturated heterocycles. The first-order valence-corrected chi connectivity index (χ1v) is 8.65. The second-order valence-electron chi connectivity index (χ2n) is 6.68. The molecule has 3 heterocycles. The van der Waals surface area contributed by atoms with Crippen molar-refractivity contribution >= 4 is 17.0 Å². The number of carboxylic acids is 1. The second-order valence-corrected chi connectivity index (χ2v) is 6.68. The number of carbonyl (C=O) groups is 1. The molecule has 0 spiro atoms. The molecule has 0 bridgehead atoms. The molecule has 1 atom stereocenters. The van der Waals surface area contributed by atoms with E-state index < -0.39 is 5.97 Å². The highest BCUT2D eigenvalue weighted by Crippen LogP contribution is 2.29. The molecule has 1 aromatic carbocycles. The van der Waals surface area contributed by atoms with E-state index in [2.05, 4.69) is 38.4 Å². The van der Waals surface area contributed by atoms with Gasteiger partial charge in [-0.25, -0.2) is 14.5 Å². The summed E-state index contributed by atoms with van der Waals surface area (Å²) in [7, 11) is 0. The van der Waals surface area contributed by atoms with Crippen LogP contribution in [-0.2, 0) is 0 Å². The Morgan fingerprint density at radius 3 is 2.64 bits per heavy atom. The van der Waals surface area contributed by atoms with Crippen molar-refractivity contribution in [1.82, 2.24) is 29.5 Å². The van der Waals surface area contributed by atoms with Crippen LogP contribution >= 0.6 is 0 Å². The number of rotatable bonds is 4. The van der Waals surface area contributed by atoms with Gasteiger partial charge in [0.05, 0.1) is 24.0 Å². The van der Waals surface area contributed by atoms with Crippen molar-refractivity contribution in [3.63, 3.8) is 0 Å². The van der Waals surface area contributed by atoms with Crippen molar-refractivity contribution in [2.24, 2.45) is 0 Å². The molecule has 142 valence electrons. The van der Waals surface area contributed by atoms with E-state index in [9.17, 15) is 9.90 Å². The predicted molar refractivity (Wildman–Crippen MR) is 101 cm³/mol. The monoisotopic (exact) mass is 378 g/mol. The maximum atomic E-state index is 11.0. The lowest BCUT2D eigenvalue weighted by atomic mass is 10.00. The van der Waals surface area contributed by atoms with Crippen LogP contribution in [0.1, 0.15) is 40.0 Å². The van der Waals surface area contributed by atoms with Gasteiger partial charge in [0.1, 0.15) is 11.0 Å². The van der Waals surface area contributed by atoms with Gasteiger partial charge < -0.3 is 10.2 Å². The van der Waals surface area contributed by atoms with E-state index in [4.69, 9.17) is 5.11 Å². The van der Waals surface area contributed by atoms with Gasteiger partial charge in [-0.15, -0.1) is 0 Å². The standard InChI is InChI=1S/C19H18N6O3/c1-10-4-5-11(2)14(6-10)12(3)25-16-15(8-21-25)22-19(23-17(16)26)24-9-13(7-20-24)18(27)28/h4-9,12H,1-3H3,(H,27,28)(H,22,23,26)/t12-/m0/s1. The largest absolute Gasteiger partial charge is 0.492 e. The van der Waals surface area contributed by atoms with Crippen molar-refractivity contribution in [3.8, 4) is 11.8 Å². The zero-order valence-corrected chi connectivity index (χ0v) is 15.5. The van der Waals surface area contributed by atoms with Gasteiger partial charge in [0, 0.05) is 6.20 Å². The van der Waals surface area contributed by atoms with Crippen LogP contribution in [0, 0.1) is 13.8 Å². The van der Waals surface area contributed by atoms with E-state index in [0.717, 1.165) is 16.7 Å². The number of hydrogen-bond donors (Lipinski definition) is 2. The zero-order valence-electron chi connectivity index (χ0n) is 15.5. The Bertz CT molecular complexity index is 1210. The molecule has 4 aromatic rings. The van der Waals surface area contributed by atoms with Crippen LogP contribution in [0.25, 0.3) is 17.0 Å². The summed E-state index contributed by atoms with van der Waals surface area (Å²) >= 11 is 0. The first kappa shape index (κ1) is 17.7. The maximum absolute atomic E-state index is 11.0. The van der Waals surface area contributed by atoms with Crippen molar-refractivity contribution in [3.05, 3.63) is 59.0 Å². The van der Waals surface area contributed by atoms with Gasteiger partial charge in [0.25, 0.3) is 5.95 Å². The Morgan fingerprint density at radius 1 is 1.14 bits per heavy atom. The Labute approximate surface area is 159 Å². The van der Waals surface area contributed by atoms with Crippen LogP contribution < -0.4 is 0 Å². The molecule has 0 amide bonds. The Kier molecular flexibility index (Phi) is 4.07. The smallest absolute Gasteiger partial charge is 0.338 e. The summed E-state index contributed by atoms with van der Waals surface area (Å²) in [6, 6.07) is 6.06. The molecule has 0 aliphatic carbocycles. The number of hydrogen-bond acceptors (Lipinski definition) is 6. The SMILES string of the molecule is Cc1ccc(C)c([C@H](C)n2ncc3nc(-n4cc(C(=O)O)cn4)nc(O)c32)c1. The summed E-state index contributed by atoms with van der Waals surface area (Å²) in [5.74, 6) is -1.29. The van der Waals surface area contributed by atoms with E-state index in [1.807, 2.05) is 20.8 Å². The molecule has 0 saturated carbocycles. The van der Waals surface area contributed by atoms with E-state index in [1.165, 1.54) is 17.1 Å². The summed E-state index contributed by atoms with van der Waals surface area (Å²) in [5.41, 5.74) is 4.19. The predicted octanol–water partition coefficient (Wildman–Crippen LogP) is 2.64. The van der Waals surface area contributed by atoms with E-state index in [0.29, 0.717) is 11.0 Å². The zero-order chi connectivity index (χ0) is 20.0. The molecule has 0 unspecified atom stereocenters. The van der Waals surface area contributed by atoms with Gasteiger partial charge in [-0.3, -0.25) is 4.68 Å². The highest BCUT2D eigenvalue weighted by molar-refractivity contribution is 5.87. The Balaban J connectivity index is 1.80. The number of aromatic carboxylic acids is 1. The van der Waals surface area contributed by atoms with Gasteiger partial charge in [0.15, 0.2) is 0 Å². The van der Waals surface area contributed by atoms with Crippen molar-refractivity contribution < 1.29 is 15.0 Å². The van der Waals surface area contributed by atoms with E-state index in [-0.39, 0.29) is 23.4 Å². The first-order chi connectivity index (χ1) is 13.3. The van der Waals surface area contributed by atoms with Crippen molar-refractivity contribution in [1.29, 1.82) is 0 Å². The van der Waals surface area contributed by atoms with Gasteiger partial charge >= 0.3 is 5.97 Å². The summed E-state index contributed by atoms with van der Waals surface area (Å²) in [6.45, 7) is 6.05. The molecular formula is C19H18N6O3. The van der Waals surface area contributed by atoms with Gasteiger partial charge in [0.2, 0.25) is 5.88 Å². The van der Waals surface area contributed by atoms with Crippen molar-refractivity contribution in [2.45, 2.75) is 26.8 Å². The number of aryl methyl sites for hydroxylation is 2. The third-order valence-electron chi connectivity index (χ3n) is 4.70. The normalized spacial score (nSPS) is 12.4. The minimum Gasteiger partial charge on any atom is -0.492 e. The average molecular weight is 378 g/mol. The number of aromatic hydroxyl groups is 1. The van der Waals surface area contributed by atoms with Gasteiger partial charge in [-0.05, 0) is 31.9 Å². The minimum atomic E-state index is -1.10. The average Bonchev–Trinajstić information content (AvgIpc) is 3.30. The molecule has 0 radical (unpaired) electrons. The highest BCUT2D eigenvalue weighted by atomic mass is 16.4. The molecular weight excluding hydrogens is 360 g/mol.